The van der Waals surface area contributed by atoms with Crippen LogP contribution < -0.4 is 0 Å². The largest absolute Gasteiger partial charge is 0.379 e. The van der Waals surface area contributed by atoms with Crippen LogP contribution in [0.2, 0.25) is 0 Å². The van der Waals surface area contributed by atoms with Crippen LogP contribution in [0.3, 0.4) is 0 Å². The van der Waals surface area contributed by atoms with Gasteiger partial charge in [-0.15, -0.1) is 0 Å². The van der Waals surface area contributed by atoms with Crippen LogP contribution in [0.15, 0.2) is 0 Å². The molecule has 0 aromatic rings. The van der Waals surface area contributed by atoms with E-state index in [2.05, 4.69) is 6.92 Å². The van der Waals surface area contributed by atoms with Gasteiger partial charge in [-0.2, -0.15) is 0 Å². The van der Waals surface area contributed by atoms with E-state index in [0.29, 0.717) is 0 Å². The van der Waals surface area contributed by atoms with Gasteiger partial charge in [0.1, 0.15) is 0 Å². The molecule has 0 N–H and O–H groups in total. The zero-order valence-corrected chi connectivity index (χ0v) is 20.7. The highest BCUT2D eigenvalue weighted by molar-refractivity contribution is 4.53. The minimum atomic E-state index is 1.12. The topological polar surface area (TPSA) is 9.23 Å². The van der Waals surface area contributed by atoms with Crippen molar-refractivity contribution in [2.75, 3.05) is 7.11 Å². The first-order valence-corrected chi connectivity index (χ1v) is 13.8. The van der Waals surface area contributed by atoms with Crippen molar-refractivity contribution in [2.24, 2.45) is 0 Å². The molecule has 0 amide bonds. The first-order chi connectivity index (χ1) is 14.4. The van der Waals surface area contributed by atoms with Gasteiger partial charge in [0.2, 0.25) is 0 Å². The molecule has 175 valence electrons. The maximum atomic E-state index is 4.97. The Morgan fingerprint density at radius 2 is 0.621 bits per heavy atom. The van der Waals surface area contributed by atoms with Crippen LogP contribution in [-0.4, -0.2) is 7.11 Å². The lowest BCUT2D eigenvalue weighted by Gasteiger charge is -2.04. The van der Waals surface area contributed by atoms with Gasteiger partial charge in [0.15, 0.2) is 0 Å². The molecule has 0 spiro atoms. The van der Waals surface area contributed by atoms with Crippen LogP contribution in [0.4, 0.5) is 0 Å². The number of rotatable bonds is 26. The van der Waals surface area contributed by atoms with Gasteiger partial charge in [0.25, 0.3) is 0 Å². The molecule has 0 aliphatic rings. The highest BCUT2D eigenvalue weighted by atomic mass is 16.5. The normalized spacial score (nSPS) is 11.4. The van der Waals surface area contributed by atoms with Crippen molar-refractivity contribution in [1.82, 2.24) is 0 Å². The molecule has 0 bridgehead atoms. The molecule has 1 heteroatoms. The Balaban J connectivity index is 2.97. The van der Waals surface area contributed by atoms with E-state index in [1.807, 2.05) is 6.61 Å². The second kappa shape index (κ2) is 28.0. The highest BCUT2D eigenvalue weighted by Gasteiger charge is 1.96. The van der Waals surface area contributed by atoms with Crippen LogP contribution >= 0.6 is 0 Å². The fraction of sp³-hybridized carbons (Fsp3) is 0.964. The van der Waals surface area contributed by atoms with Crippen molar-refractivity contribution in [3.63, 3.8) is 0 Å². The molecule has 0 aromatic carbocycles. The molecule has 0 saturated carbocycles. The van der Waals surface area contributed by atoms with Gasteiger partial charge < -0.3 is 4.74 Å². The maximum Gasteiger partial charge on any atom is 0.0832 e. The van der Waals surface area contributed by atoms with E-state index in [4.69, 9.17) is 4.74 Å². The molecule has 0 heterocycles. The molecular formula is C28H57O. The van der Waals surface area contributed by atoms with Crippen LogP contribution in [-0.2, 0) is 4.74 Å². The fourth-order valence-electron chi connectivity index (χ4n) is 4.31. The summed E-state index contributed by atoms with van der Waals surface area (Å²) in [6.45, 7) is 4.23. The van der Waals surface area contributed by atoms with Gasteiger partial charge in [-0.1, -0.05) is 161 Å². The van der Waals surface area contributed by atoms with Gasteiger partial charge >= 0.3 is 0 Å². The average Bonchev–Trinajstić information content (AvgIpc) is 2.74. The second-order valence-corrected chi connectivity index (χ2v) is 9.32. The Bertz CT molecular complexity index is 237. The molecule has 1 radical (unpaired) electrons. The van der Waals surface area contributed by atoms with Crippen molar-refractivity contribution in [2.45, 2.75) is 167 Å². The fourth-order valence-corrected chi connectivity index (χ4v) is 4.31. The summed E-state index contributed by atoms with van der Waals surface area (Å²) in [6, 6.07) is 0. The molecule has 0 aliphatic carbocycles. The van der Waals surface area contributed by atoms with Gasteiger partial charge in [-0.05, 0) is 6.42 Å². The quantitative estimate of drug-likeness (QED) is 0.129. The smallest absolute Gasteiger partial charge is 0.0832 e. The molecule has 0 saturated heterocycles. The van der Waals surface area contributed by atoms with Crippen molar-refractivity contribution in [1.29, 1.82) is 0 Å². The molecule has 29 heavy (non-hydrogen) atoms. The lowest BCUT2D eigenvalue weighted by atomic mass is 10.0. The monoisotopic (exact) mass is 409 g/mol. The van der Waals surface area contributed by atoms with Gasteiger partial charge in [0.05, 0.1) is 6.61 Å². The first-order valence-electron chi connectivity index (χ1n) is 13.8. The van der Waals surface area contributed by atoms with E-state index in [9.17, 15) is 0 Å². The molecule has 0 atom stereocenters. The summed E-state index contributed by atoms with van der Waals surface area (Å²) in [5.74, 6) is 0. The summed E-state index contributed by atoms with van der Waals surface area (Å²) < 4.78 is 4.97. The Morgan fingerprint density at radius 3 is 0.862 bits per heavy atom. The van der Waals surface area contributed by atoms with Crippen LogP contribution in [0, 0.1) is 6.61 Å². The predicted molar refractivity (Wildman–Crippen MR) is 132 cm³/mol. The molecule has 1 nitrogen and oxygen atoms in total. The number of unbranched alkanes of at least 4 members (excludes halogenated alkanes) is 24. The molecule has 0 unspecified atom stereocenters. The van der Waals surface area contributed by atoms with Crippen LogP contribution in [0.25, 0.3) is 0 Å². The summed E-state index contributed by atoms with van der Waals surface area (Å²) >= 11 is 0. The lowest BCUT2D eigenvalue weighted by molar-refractivity contribution is 0.262. The molecule has 0 aromatic heterocycles. The van der Waals surface area contributed by atoms with Gasteiger partial charge in [0, 0.05) is 7.11 Å². The minimum absolute atomic E-state index is 1.12. The number of methoxy groups -OCH3 is 1. The minimum Gasteiger partial charge on any atom is -0.379 e. The van der Waals surface area contributed by atoms with Crippen molar-refractivity contribution < 1.29 is 4.74 Å². The highest BCUT2D eigenvalue weighted by Crippen LogP contribution is 2.15. The summed E-state index contributed by atoms with van der Waals surface area (Å²) in [6.07, 6.45) is 36.1. The maximum absolute atomic E-state index is 4.97. The third-order valence-electron chi connectivity index (χ3n) is 6.34. The Labute approximate surface area is 186 Å². The Morgan fingerprint density at radius 1 is 0.379 bits per heavy atom. The standard InChI is InChI=1S/C28H57O/c1-3-4-5-6-7-8-9-10-11-12-13-14-15-16-17-18-19-20-21-22-23-24-25-26-27-28-29-2/h28H,3-27H2,1-2H3. The second-order valence-electron chi connectivity index (χ2n) is 9.32. The van der Waals surface area contributed by atoms with E-state index in [1.54, 1.807) is 7.11 Å². The van der Waals surface area contributed by atoms with Crippen molar-refractivity contribution in [3.8, 4) is 0 Å². The Kier molecular flexibility index (Phi) is 27.9. The Hall–Kier alpha value is -0.0400. The number of hydrogen-bond donors (Lipinski definition) is 0. The number of ether oxygens (including phenoxy) is 1. The molecule has 0 fully saturated rings. The molecule has 0 rings (SSSR count). The van der Waals surface area contributed by atoms with E-state index in [0.717, 1.165) is 6.42 Å². The summed E-state index contributed by atoms with van der Waals surface area (Å²) in [4.78, 5) is 0. The zero-order valence-electron chi connectivity index (χ0n) is 20.7. The van der Waals surface area contributed by atoms with E-state index in [-0.39, 0.29) is 0 Å². The van der Waals surface area contributed by atoms with Crippen LogP contribution in [0.1, 0.15) is 167 Å². The van der Waals surface area contributed by atoms with Gasteiger partial charge in [-0.25, -0.2) is 0 Å². The van der Waals surface area contributed by atoms with E-state index in [1.165, 1.54) is 154 Å². The SMILES string of the molecule is CCCCCCCCCCCCCCCCCCCCCCCCCC[CH]OC. The van der Waals surface area contributed by atoms with Crippen molar-refractivity contribution >= 4 is 0 Å². The number of hydrogen-bond acceptors (Lipinski definition) is 1. The van der Waals surface area contributed by atoms with E-state index < -0.39 is 0 Å². The van der Waals surface area contributed by atoms with Crippen molar-refractivity contribution in [3.05, 3.63) is 6.61 Å². The molecular weight excluding hydrogens is 352 g/mol. The predicted octanol–water partition coefficient (Wildman–Crippen LogP) is 10.6. The summed E-state index contributed by atoms with van der Waals surface area (Å²) in [7, 11) is 1.75. The third-order valence-corrected chi connectivity index (χ3v) is 6.34. The lowest BCUT2D eigenvalue weighted by Crippen LogP contribution is -1.85. The van der Waals surface area contributed by atoms with Gasteiger partial charge in [-0.3, -0.25) is 0 Å². The summed E-state index contributed by atoms with van der Waals surface area (Å²) in [5, 5.41) is 0. The van der Waals surface area contributed by atoms with Crippen LogP contribution in [0.5, 0.6) is 0 Å². The summed E-state index contributed by atoms with van der Waals surface area (Å²) in [5.41, 5.74) is 0. The van der Waals surface area contributed by atoms with E-state index >= 15 is 0 Å². The average molecular weight is 410 g/mol. The molecule has 0 aliphatic heterocycles. The third kappa shape index (κ3) is 28.0. The zero-order chi connectivity index (χ0) is 21.1. The first kappa shape index (κ1) is 29.0.